The smallest absolute Gasteiger partial charge is 0.161 e. The number of phenols is 2. The van der Waals surface area contributed by atoms with Crippen LogP contribution < -0.4 is 5.32 Å². The van der Waals surface area contributed by atoms with E-state index in [-0.39, 0.29) is 36.1 Å². The van der Waals surface area contributed by atoms with Gasteiger partial charge in [0, 0.05) is 24.6 Å². The first kappa shape index (κ1) is 17.8. The molecule has 5 heteroatoms. The Balaban J connectivity index is 0.00000169. The van der Waals surface area contributed by atoms with E-state index >= 15 is 0 Å². The van der Waals surface area contributed by atoms with Gasteiger partial charge in [0.05, 0.1) is 12.2 Å². The first-order valence-electron chi connectivity index (χ1n) is 9.15. The molecule has 134 valence electrons. The first-order valence-corrected chi connectivity index (χ1v) is 9.15. The summed E-state index contributed by atoms with van der Waals surface area (Å²) in [6.07, 6.45) is 9.74. The summed E-state index contributed by atoms with van der Waals surface area (Å²) in [6.45, 7) is 0.797. The van der Waals surface area contributed by atoms with Crippen LogP contribution in [0.3, 0.4) is 0 Å². The van der Waals surface area contributed by atoms with Gasteiger partial charge in [0.25, 0.3) is 0 Å². The number of ether oxygens (including phenoxy) is 1. The molecule has 4 nitrogen and oxygen atoms in total. The molecule has 0 spiro atoms. The van der Waals surface area contributed by atoms with Crippen molar-refractivity contribution in [1.29, 1.82) is 0 Å². The van der Waals surface area contributed by atoms with E-state index in [1.807, 2.05) is 6.07 Å². The highest BCUT2D eigenvalue weighted by Crippen LogP contribution is 2.43. The first-order chi connectivity index (χ1) is 11.2. The Morgan fingerprint density at radius 3 is 2.50 bits per heavy atom. The van der Waals surface area contributed by atoms with E-state index in [4.69, 9.17) is 4.74 Å². The van der Waals surface area contributed by atoms with E-state index in [2.05, 4.69) is 5.32 Å². The second-order valence-corrected chi connectivity index (χ2v) is 7.45. The Bertz CT molecular complexity index is 570. The van der Waals surface area contributed by atoms with Crippen LogP contribution in [0.5, 0.6) is 11.5 Å². The Hall–Kier alpha value is -0.970. The standard InChI is InChI=1S/C19H27NO3.ClH/c21-16-9-8-14-15(19(16)22)10-17(12-4-2-1-3-5-12)23-18(14)11-20-13-6-7-13;/h8-9,12-13,17-18,20-22H,1-7,10-11H2;1H/t17-,18-;/m0./s1. The van der Waals surface area contributed by atoms with Gasteiger partial charge in [0.15, 0.2) is 11.5 Å². The van der Waals surface area contributed by atoms with E-state index < -0.39 is 0 Å². The average molecular weight is 354 g/mol. The molecule has 4 rings (SSSR count). The molecule has 0 saturated heterocycles. The summed E-state index contributed by atoms with van der Waals surface area (Å²) in [5, 5.41) is 23.8. The van der Waals surface area contributed by atoms with Gasteiger partial charge in [-0.1, -0.05) is 25.3 Å². The Morgan fingerprint density at radius 1 is 1.04 bits per heavy atom. The van der Waals surface area contributed by atoms with Crippen molar-refractivity contribution < 1.29 is 14.9 Å². The molecule has 1 aromatic rings. The fourth-order valence-corrected chi connectivity index (χ4v) is 4.19. The van der Waals surface area contributed by atoms with Gasteiger partial charge in [-0.3, -0.25) is 0 Å². The number of hydrogen-bond donors (Lipinski definition) is 3. The summed E-state index contributed by atoms with van der Waals surface area (Å²) in [4.78, 5) is 0. The lowest BCUT2D eigenvalue weighted by atomic mass is 9.80. The molecule has 0 aromatic heterocycles. The Morgan fingerprint density at radius 2 is 1.79 bits per heavy atom. The monoisotopic (exact) mass is 353 g/mol. The molecule has 2 saturated carbocycles. The minimum Gasteiger partial charge on any atom is -0.504 e. The highest BCUT2D eigenvalue weighted by atomic mass is 35.5. The zero-order chi connectivity index (χ0) is 15.8. The largest absolute Gasteiger partial charge is 0.504 e. The molecule has 1 aromatic carbocycles. The van der Waals surface area contributed by atoms with E-state index in [1.54, 1.807) is 6.07 Å². The van der Waals surface area contributed by atoms with Gasteiger partial charge >= 0.3 is 0 Å². The van der Waals surface area contributed by atoms with Gasteiger partial charge < -0.3 is 20.3 Å². The van der Waals surface area contributed by atoms with Crippen molar-refractivity contribution in [3.8, 4) is 11.5 Å². The van der Waals surface area contributed by atoms with Crippen molar-refractivity contribution in [2.45, 2.75) is 69.6 Å². The predicted octanol–water partition coefficient (Wildman–Crippen LogP) is 3.83. The third-order valence-electron chi connectivity index (χ3n) is 5.73. The fourth-order valence-electron chi connectivity index (χ4n) is 4.19. The lowest BCUT2D eigenvalue weighted by Crippen LogP contribution is -2.37. The molecule has 2 fully saturated rings. The number of halogens is 1. The topological polar surface area (TPSA) is 61.7 Å². The molecular formula is C19H28ClNO3. The van der Waals surface area contributed by atoms with Crippen LogP contribution in [0, 0.1) is 5.92 Å². The number of fused-ring (bicyclic) bond motifs is 1. The highest BCUT2D eigenvalue weighted by molar-refractivity contribution is 5.85. The zero-order valence-corrected chi connectivity index (χ0v) is 14.9. The van der Waals surface area contributed by atoms with Crippen LogP contribution in [0.25, 0.3) is 0 Å². The van der Waals surface area contributed by atoms with Crippen molar-refractivity contribution in [3.05, 3.63) is 23.3 Å². The van der Waals surface area contributed by atoms with Crippen molar-refractivity contribution in [3.63, 3.8) is 0 Å². The Kier molecular flexibility index (Phi) is 5.58. The van der Waals surface area contributed by atoms with Crippen molar-refractivity contribution >= 4 is 12.4 Å². The number of rotatable bonds is 4. The van der Waals surface area contributed by atoms with Crippen molar-refractivity contribution in [1.82, 2.24) is 5.32 Å². The van der Waals surface area contributed by atoms with Crippen LogP contribution in [0.4, 0.5) is 0 Å². The van der Waals surface area contributed by atoms with Gasteiger partial charge in [-0.15, -0.1) is 12.4 Å². The maximum absolute atomic E-state index is 10.3. The molecule has 1 aliphatic heterocycles. The van der Waals surface area contributed by atoms with Crippen LogP contribution in [-0.2, 0) is 11.2 Å². The molecule has 0 radical (unpaired) electrons. The van der Waals surface area contributed by atoms with Gasteiger partial charge in [-0.25, -0.2) is 0 Å². The van der Waals surface area contributed by atoms with Gasteiger partial charge in [0.1, 0.15) is 0 Å². The summed E-state index contributed by atoms with van der Waals surface area (Å²) >= 11 is 0. The predicted molar refractivity (Wildman–Crippen MR) is 95.9 cm³/mol. The third-order valence-corrected chi connectivity index (χ3v) is 5.73. The lowest BCUT2D eigenvalue weighted by Gasteiger charge is -2.38. The van der Waals surface area contributed by atoms with Gasteiger partial charge in [-0.05, 0) is 43.2 Å². The minimum absolute atomic E-state index is 0. The van der Waals surface area contributed by atoms with Crippen LogP contribution in [0.15, 0.2) is 12.1 Å². The fraction of sp³-hybridized carbons (Fsp3) is 0.684. The summed E-state index contributed by atoms with van der Waals surface area (Å²) in [6, 6.07) is 4.14. The molecule has 0 bridgehead atoms. The SMILES string of the molecule is Cl.Oc1ccc2c(c1O)C[C@@H](C1CCCCC1)O[C@H]2CNC1CC1. The number of aromatic hydroxyl groups is 2. The third kappa shape index (κ3) is 3.66. The molecular weight excluding hydrogens is 326 g/mol. The summed E-state index contributed by atoms with van der Waals surface area (Å²) < 4.78 is 6.47. The lowest BCUT2D eigenvalue weighted by molar-refractivity contribution is -0.0627. The van der Waals surface area contributed by atoms with E-state index in [1.165, 1.54) is 44.9 Å². The van der Waals surface area contributed by atoms with Crippen molar-refractivity contribution in [2.24, 2.45) is 5.92 Å². The molecule has 3 N–H and O–H groups in total. The quantitative estimate of drug-likeness (QED) is 0.720. The maximum atomic E-state index is 10.3. The van der Waals surface area contributed by atoms with Crippen LogP contribution in [0.2, 0.25) is 0 Å². The second kappa shape index (κ2) is 7.51. The number of nitrogens with one attached hydrogen (secondary N) is 1. The zero-order valence-electron chi connectivity index (χ0n) is 14.0. The molecule has 2 aliphatic carbocycles. The summed E-state index contributed by atoms with van der Waals surface area (Å²) in [5.41, 5.74) is 1.94. The van der Waals surface area contributed by atoms with E-state index in [0.29, 0.717) is 12.0 Å². The molecule has 0 unspecified atom stereocenters. The van der Waals surface area contributed by atoms with Gasteiger partial charge in [0.2, 0.25) is 0 Å². The van der Waals surface area contributed by atoms with E-state index in [0.717, 1.165) is 24.1 Å². The molecule has 24 heavy (non-hydrogen) atoms. The normalized spacial score (nSPS) is 27.3. The van der Waals surface area contributed by atoms with E-state index in [9.17, 15) is 10.2 Å². The number of hydrogen-bond acceptors (Lipinski definition) is 4. The number of phenolic OH excluding ortho intramolecular Hbond substituents is 2. The summed E-state index contributed by atoms with van der Waals surface area (Å²) in [5.74, 6) is 0.632. The van der Waals surface area contributed by atoms with Gasteiger partial charge in [-0.2, -0.15) is 0 Å². The minimum atomic E-state index is -0.0159. The van der Waals surface area contributed by atoms with Crippen LogP contribution >= 0.6 is 12.4 Å². The number of benzene rings is 1. The van der Waals surface area contributed by atoms with Crippen LogP contribution in [-0.4, -0.2) is 28.9 Å². The Labute approximate surface area is 150 Å². The summed E-state index contributed by atoms with van der Waals surface area (Å²) in [7, 11) is 0. The maximum Gasteiger partial charge on any atom is 0.161 e. The average Bonchev–Trinajstić information content (AvgIpc) is 3.41. The molecule has 1 heterocycles. The molecule has 2 atom stereocenters. The second-order valence-electron chi connectivity index (χ2n) is 7.45. The van der Waals surface area contributed by atoms with Crippen LogP contribution in [0.1, 0.15) is 62.2 Å². The molecule has 3 aliphatic rings. The highest BCUT2D eigenvalue weighted by Gasteiger charge is 2.35. The molecule has 0 amide bonds. The van der Waals surface area contributed by atoms with Crippen molar-refractivity contribution in [2.75, 3.05) is 6.54 Å².